The van der Waals surface area contributed by atoms with Crippen LogP contribution in [0.1, 0.15) is 21.5 Å². The van der Waals surface area contributed by atoms with E-state index in [9.17, 15) is 36.2 Å². The van der Waals surface area contributed by atoms with Crippen molar-refractivity contribution in [2.45, 2.75) is 36.7 Å². The number of benzene rings is 1. The summed E-state index contributed by atoms with van der Waals surface area (Å²) in [6, 6.07) is -0.0290. The lowest BCUT2D eigenvalue weighted by molar-refractivity contribution is -0.143. The number of carbonyl (C=O) groups is 1. The summed E-state index contributed by atoms with van der Waals surface area (Å²) in [5.74, 6) is -1.20. The van der Waals surface area contributed by atoms with Crippen molar-refractivity contribution in [1.82, 2.24) is 5.32 Å². The van der Waals surface area contributed by atoms with Gasteiger partial charge in [0.05, 0.1) is 35.9 Å². The fourth-order valence-corrected chi connectivity index (χ4v) is 3.00. The molecule has 0 spiro atoms. The van der Waals surface area contributed by atoms with Crippen molar-refractivity contribution in [2.24, 2.45) is 0 Å². The van der Waals surface area contributed by atoms with Crippen LogP contribution in [0.3, 0.4) is 0 Å². The lowest BCUT2D eigenvalue weighted by atomic mass is 10.0. The summed E-state index contributed by atoms with van der Waals surface area (Å²) >= 11 is 0. The Morgan fingerprint density at radius 2 is 1.69 bits per heavy atom. The highest BCUT2D eigenvalue weighted by molar-refractivity contribution is 5.96. The van der Waals surface area contributed by atoms with Gasteiger partial charge in [0.25, 0.3) is 5.91 Å². The number of alkyl halides is 6. The molecular weight excluding hydrogens is 372 g/mol. The predicted octanol–water partition coefficient (Wildman–Crippen LogP) is 1.98. The van der Waals surface area contributed by atoms with E-state index < -0.39 is 59.3 Å². The highest BCUT2D eigenvalue weighted by Crippen LogP contribution is 2.37. The molecule has 2 N–H and O–H groups in total. The number of ether oxygens (including phenoxy) is 2. The summed E-state index contributed by atoms with van der Waals surface area (Å²) in [6.45, 7) is -0.143. The Kier molecular flexibility index (Phi) is 4.65. The standard InChI is InChI=1S/C15H13F6NO4/c16-14(17,18)6-1-2-7(8(3-6)15(19,20)21)13(24)22-9-4-25-12-10(23)5-26-11(9)12/h1-3,9-12,23H,4-5H2,(H,22,24)/t9-,10+,11+,12+/m0/s1. The van der Waals surface area contributed by atoms with Gasteiger partial charge in [-0.15, -0.1) is 0 Å². The number of aliphatic hydroxyl groups is 1. The zero-order chi connectivity index (χ0) is 19.3. The van der Waals surface area contributed by atoms with E-state index in [4.69, 9.17) is 9.47 Å². The molecule has 0 radical (unpaired) electrons. The molecule has 144 valence electrons. The summed E-state index contributed by atoms with van der Waals surface area (Å²) in [5.41, 5.74) is -4.13. The largest absolute Gasteiger partial charge is 0.417 e. The topological polar surface area (TPSA) is 67.8 Å². The Hall–Kier alpha value is -1.85. The van der Waals surface area contributed by atoms with Crippen LogP contribution in [0.5, 0.6) is 0 Å². The third kappa shape index (κ3) is 3.51. The minimum Gasteiger partial charge on any atom is -0.388 e. The van der Waals surface area contributed by atoms with Gasteiger partial charge < -0.3 is 19.9 Å². The Morgan fingerprint density at radius 1 is 1.04 bits per heavy atom. The number of rotatable bonds is 2. The predicted molar refractivity (Wildman–Crippen MR) is 73.2 cm³/mol. The molecule has 0 bridgehead atoms. The number of hydrogen-bond donors (Lipinski definition) is 2. The third-order valence-corrected chi connectivity index (χ3v) is 4.24. The highest BCUT2D eigenvalue weighted by Gasteiger charge is 2.48. The summed E-state index contributed by atoms with van der Waals surface area (Å²) < 4.78 is 87.9. The average molecular weight is 385 g/mol. The van der Waals surface area contributed by atoms with Gasteiger partial charge in [-0.25, -0.2) is 0 Å². The molecule has 2 aliphatic rings. The molecule has 2 aliphatic heterocycles. The van der Waals surface area contributed by atoms with Crippen molar-refractivity contribution in [3.8, 4) is 0 Å². The molecular formula is C15H13F6NO4. The van der Waals surface area contributed by atoms with Crippen LogP contribution in [0, 0.1) is 0 Å². The molecule has 5 nitrogen and oxygen atoms in total. The molecule has 2 fully saturated rings. The molecule has 3 rings (SSSR count). The molecule has 0 unspecified atom stereocenters. The van der Waals surface area contributed by atoms with Gasteiger partial charge in [-0.1, -0.05) is 0 Å². The number of hydrogen-bond acceptors (Lipinski definition) is 4. The van der Waals surface area contributed by atoms with Gasteiger partial charge in [0.15, 0.2) is 0 Å². The van der Waals surface area contributed by atoms with Gasteiger partial charge in [0.1, 0.15) is 18.3 Å². The maximum Gasteiger partial charge on any atom is 0.417 e. The Balaban J connectivity index is 1.85. The van der Waals surface area contributed by atoms with Crippen molar-refractivity contribution in [3.05, 3.63) is 34.9 Å². The Bertz CT molecular complexity index is 704. The van der Waals surface area contributed by atoms with Crippen LogP contribution in [-0.2, 0) is 21.8 Å². The molecule has 11 heteroatoms. The smallest absolute Gasteiger partial charge is 0.388 e. The second-order valence-electron chi connectivity index (χ2n) is 6.00. The number of carbonyl (C=O) groups excluding carboxylic acids is 1. The number of halogens is 6. The first-order chi connectivity index (χ1) is 12.0. The van der Waals surface area contributed by atoms with Crippen LogP contribution >= 0.6 is 0 Å². The zero-order valence-electron chi connectivity index (χ0n) is 12.9. The maximum absolute atomic E-state index is 13.1. The van der Waals surface area contributed by atoms with E-state index in [0.717, 1.165) is 0 Å². The van der Waals surface area contributed by atoms with Crippen molar-refractivity contribution >= 4 is 5.91 Å². The van der Waals surface area contributed by atoms with E-state index in [1.807, 2.05) is 0 Å². The molecule has 1 aromatic carbocycles. The van der Waals surface area contributed by atoms with E-state index >= 15 is 0 Å². The molecule has 2 saturated heterocycles. The molecule has 26 heavy (non-hydrogen) atoms. The summed E-state index contributed by atoms with van der Waals surface area (Å²) in [5, 5.41) is 11.9. The maximum atomic E-state index is 13.1. The van der Waals surface area contributed by atoms with Crippen molar-refractivity contribution in [2.75, 3.05) is 13.2 Å². The quantitative estimate of drug-likeness (QED) is 0.765. The molecule has 4 atom stereocenters. The van der Waals surface area contributed by atoms with Crippen LogP contribution in [-0.4, -0.2) is 48.6 Å². The first-order valence-electron chi connectivity index (χ1n) is 7.49. The van der Waals surface area contributed by atoms with Gasteiger partial charge in [-0.2, -0.15) is 26.3 Å². The average Bonchev–Trinajstić information content (AvgIpc) is 3.09. The molecule has 1 amide bonds. The summed E-state index contributed by atoms with van der Waals surface area (Å²) in [7, 11) is 0. The van der Waals surface area contributed by atoms with Crippen molar-refractivity contribution < 1.29 is 45.7 Å². The summed E-state index contributed by atoms with van der Waals surface area (Å²) in [4.78, 5) is 12.2. The second-order valence-corrected chi connectivity index (χ2v) is 6.00. The SMILES string of the molecule is O=C(N[C@H]1CO[C@H]2[C@@H]1OC[C@H]2O)c1ccc(C(F)(F)F)cc1C(F)(F)F. The zero-order valence-corrected chi connectivity index (χ0v) is 12.9. The fourth-order valence-electron chi connectivity index (χ4n) is 3.00. The first-order valence-corrected chi connectivity index (χ1v) is 7.49. The van der Waals surface area contributed by atoms with Gasteiger partial charge in [0, 0.05) is 0 Å². The number of aliphatic hydroxyl groups excluding tert-OH is 1. The minimum atomic E-state index is -5.15. The van der Waals surface area contributed by atoms with E-state index in [1.165, 1.54) is 0 Å². The molecule has 0 saturated carbocycles. The van der Waals surface area contributed by atoms with E-state index in [0.29, 0.717) is 12.1 Å². The van der Waals surface area contributed by atoms with Gasteiger partial charge in [0.2, 0.25) is 0 Å². The van der Waals surface area contributed by atoms with Crippen LogP contribution in [0.2, 0.25) is 0 Å². The Morgan fingerprint density at radius 3 is 2.31 bits per heavy atom. The number of amides is 1. The molecule has 0 aromatic heterocycles. The number of nitrogens with one attached hydrogen (secondary N) is 1. The van der Waals surface area contributed by atoms with Crippen LogP contribution in [0.15, 0.2) is 18.2 Å². The second kappa shape index (κ2) is 6.39. The van der Waals surface area contributed by atoms with E-state index in [-0.39, 0.29) is 19.3 Å². The minimum absolute atomic E-state index is 0.0458. The monoisotopic (exact) mass is 385 g/mol. The third-order valence-electron chi connectivity index (χ3n) is 4.24. The lowest BCUT2D eigenvalue weighted by Crippen LogP contribution is -2.44. The van der Waals surface area contributed by atoms with Crippen LogP contribution < -0.4 is 5.32 Å². The molecule has 1 aromatic rings. The highest BCUT2D eigenvalue weighted by atomic mass is 19.4. The van der Waals surface area contributed by atoms with Crippen LogP contribution in [0.4, 0.5) is 26.3 Å². The lowest BCUT2D eigenvalue weighted by Gasteiger charge is -2.20. The summed E-state index contributed by atoms with van der Waals surface area (Å²) in [6.07, 6.45) is -12.5. The van der Waals surface area contributed by atoms with E-state index in [2.05, 4.69) is 5.32 Å². The van der Waals surface area contributed by atoms with Crippen molar-refractivity contribution in [3.63, 3.8) is 0 Å². The van der Waals surface area contributed by atoms with Gasteiger partial charge in [-0.05, 0) is 18.2 Å². The first kappa shape index (κ1) is 18.9. The molecule has 0 aliphatic carbocycles. The molecule has 2 heterocycles. The normalized spacial score (nSPS) is 28.9. The van der Waals surface area contributed by atoms with Gasteiger partial charge in [-0.3, -0.25) is 4.79 Å². The van der Waals surface area contributed by atoms with Crippen LogP contribution in [0.25, 0.3) is 0 Å². The Labute approximate surface area is 142 Å². The van der Waals surface area contributed by atoms with Crippen molar-refractivity contribution in [1.29, 1.82) is 0 Å². The van der Waals surface area contributed by atoms with E-state index in [1.54, 1.807) is 0 Å². The van der Waals surface area contributed by atoms with Gasteiger partial charge >= 0.3 is 12.4 Å². The number of fused-ring (bicyclic) bond motifs is 1. The fraction of sp³-hybridized carbons (Fsp3) is 0.533.